The molecule has 1 aromatic carbocycles. The standard InChI is InChI=1S/C16H21FN2O/c1-18-14-5-6-15(18)10-19(8-7-14)11-16(20)12-3-2-4-13(17)9-12/h2-4,9,14-15H,5-8,10-11H2,1H3. The van der Waals surface area contributed by atoms with E-state index >= 15 is 0 Å². The van der Waals surface area contributed by atoms with Crippen LogP contribution in [-0.4, -0.2) is 54.3 Å². The summed E-state index contributed by atoms with van der Waals surface area (Å²) in [4.78, 5) is 16.9. The van der Waals surface area contributed by atoms with Gasteiger partial charge in [0.25, 0.3) is 0 Å². The Labute approximate surface area is 119 Å². The second-order valence-electron chi connectivity index (χ2n) is 6.01. The van der Waals surface area contributed by atoms with Gasteiger partial charge in [0, 0.05) is 30.7 Å². The van der Waals surface area contributed by atoms with E-state index in [1.165, 1.54) is 25.0 Å². The summed E-state index contributed by atoms with van der Waals surface area (Å²) in [5.74, 6) is -0.324. The highest BCUT2D eigenvalue weighted by Crippen LogP contribution is 2.28. The molecule has 2 fully saturated rings. The van der Waals surface area contributed by atoms with Crippen molar-refractivity contribution < 1.29 is 9.18 Å². The van der Waals surface area contributed by atoms with E-state index < -0.39 is 0 Å². The van der Waals surface area contributed by atoms with Crippen molar-refractivity contribution in [1.29, 1.82) is 0 Å². The topological polar surface area (TPSA) is 23.6 Å². The highest BCUT2D eigenvalue weighted by atomic mass is 19.1. The zero-order valence-electron chi connectivity index (χ0n) is 11.9. The molecular weight excluding hydrogens is 255 g/mol. The maximum absolute atomic E-state index is 13.2. The summed E-state index contributed by atoms with van der Waals surface area (Å²) in [7, 11) is 2.19. The van der Waals surface area contributed by atoms with Crippen molar-refractivity contribution in [2.45, 2.75) is 31.3 Å². The van der Waals surface area contributed by atoms with Crippen molar-refractivity contribution in [3.63, 3.8) is 0 Å². The molecule has 2 heterocycles. The molecule has 2 unspecified atom stereocenters. The van der Waals surface area contributed by atoms with Gasteiger partial charge in [-0.15, -0.1) is 0 Å². The van der Waals surface area contributed by atoms with Crippen molar-refractivity contribution in [3.05, 3.63) is 35.6 Å². The lowest BCUT2D eigenvalue weighted by molar-refractivity contribution is 0.0923. The van der Waals surface area contributed by atoms with Gasteiger partial charge < -0.3 is 0 Å². The predicted octanol–water partition coefficient (Wildman–Crippen LogP) is 2.18. The minimum Gasteiger partial charge on any atom is -0.299 e. The van der Waals surface area contributed by atoms with Gasteiger partial charge in [0.05, 0.1) is 6.54 Å². The number of likely N-dealkylation sites (N-methyl/N-ethyl adjacent to an activating group) is 1. The Morgan fingerprint density at radius 2 is 2.10 bits per heavy atom. The molecule has 20 heavy (non-hydrogen) atoms. The van der Waals surface area contributed by atoms with Crippen LogP contribution in [0.4, 0.5) is 4.39 Å². The van der Waals surface area contributed by atoms with Crippen LogP contribution in [0.25, 0.3) is 0 Å². The number of rotatable bonds is 3. The van der Waals surface area contributed by atoms with Crippen LogP contribution < -0.4 is 0 Å². The molecular formula is C16H21FN2O. The number of hydrogen-bond acceptors (Lipinski definition) is 3. The van der Waals surface area contributed by atoms with Crippen LogP contribution in [0.1, 0.15) is 29.6 Å². The quantitative estimate of drug-likeness (QED) is 0.791. The molecule has 3 rings (SSSR count). The van der Waals surface area contributed by atoms with E-state index in [0.717, 1.165) is 19.5 Å². The molecule has 4 heteroatoms. The maximum atomic E-state index is 13.2. The van der Waals surface area contributed by atoms with Crippen LogP contribution in [0.3, 0.4) is 0 Å². The Morgan fingerprint density at radius 3 is 2.90 bits per heavy atom. The fraction of sp³-hybridized carbons (Fsp3) is 0.562. The number of fused-ring (bicyclic) bond motifs is 2. The third-order valence-electron chi connectivity index (χ3n) is 4.75. The molecule has 2 bridgehead atoms. The molecule has 0 aliphatic carbocycles. The van der Waals surface area contributed by atoms with Gasteiger partial charge in [-0.1, -0.05) is 12.1 Å². The molecule has 2 atom stereocenters. The highest BCUT2D eigenvalue weighted by molar-refractivity contribution is 5.97. The fourth-order valence-electron chi connectivity index (χ4n) is 3.48. The fourth-order valence-corrected chi connectivity index (χ4v) is 3.48. The van der Waals surface area contributed by atoms with Crippen LogP contribution in [0.5, 0.6) is 0 Å². The first kappa shape index (κ1) is 13.7. The molecule has 0 amide bonds. The summed E-state index contributed by atoms with van der Waals surface area (Å²) in [5.41, 5.74) is 0.479. The van der Waals surface area contributed by atoms with Gasteiger partial charge in [0.1, 0.15) is 5.82 Å². The molecule has 0 saturated carbocycles. The smallest absolute Gasteiger partial charge is 0.176 e. The second kappa shape index (κ2) is 5.62. The molecule has 2 saturated heterocycles. The zero-order valence-corrected chi connectivity index (χ0v) is 11.9. The van der Waals surface area contributed by atoms with E-state index in [4.69, 9.17) is 0 Å². The summed E-state index contributed by atoms with van der Waals surface area (Å²) in [6.45, 7) is 2.32. The van der Waals surface area contributed by atoms with Gasteiger partial charge in [0.2, 0.25) is 0 Å². The Hall–Kier alpha value is -1.26. The van der Waals surface area contributed by atoms with Crippen LogP contribution in [0.2, 0.25) is 0 Å². The van der Waals surface area contributed by atoms with E-state index in [0.29, 0.717) is 24.2 Å². The van der Waals surface area contributed by atoms with Crippen LogP contribution in [-0.2, 0) is 0 Å². The van der Waals surface area contributed by atoms with Gasteiger partial charge in [0.15, 0.2) is 5.78 Å². The van der Waals surface area contributed by atoms with Gasteiger partial charge in [-0.05, 0) is 38.4 Å². The third kappa shape index (κ3) is 2.76. The van der Waals surface area contributed by atoms with E-state index in [-0.39, 0.29) is 11.6 Å². The third-order valence-corrected chi connectivity index (χ3v) is 4.75. The predicted molar refractivity (Wildman–Crippen MR) is 76.4 cm³/mol. The number of ketones is 1. The first-order valence-electron chi connectivity index (χ1n) is 7.36. The number of benzene rings is 1. The number of likely N-dealkylation sites (tertiary alicyclic amines) is 1. The lowest BCUT2D eigenvalue weighted by Crippen LogP contribution is -2.38. The highest BCUT2D eigenvalue weighted by Gasteiger charge is 2.34. The average molecular weight is 276 g/mol. The lowest BCUT2D eigenvalue weighted by Gasteiger charge is -2.25. The number of nitrogens with zero attached hydrogens (tertiary/aromatic N) is 2. The molecule has 2 aliphatic rings. The monoisotopic (exact) mass is 276 g/mol. The number of carbonyl (C=O) groups excluding carboxylic acids is 1. The molecule has 1 aromatic rings. The van der Waals surface area contributed by atoms with Crippen LogP contribution in [0.15, 0.2) is 24.3 Å². The average Bonchev–Trinajstić information content (AvgIpc) is 2.67. The summed E-state index contributed by atoms with van der Waals surface area (Å²) in [5, 5.41) is 0. The minimum atomic E-state index is -0.342. The minimum absolute atomic E-state index is 0.0185. The molecule has 0 N–H and O–H groups in total. The van der Waals surface area contributed by atoms with Crippen molar-refractivity contribution in [3.8, 4) is 0 Å². The Kier molecular flexibility index (Phi) is 3.85. The molecule has 0 radical (unpaired) electrons. The Bertz CT molecular complexity index is 505. The Balaban J connectivity index is 1.65. The van der Waals surface area contributed by atoms with Gasteiger partial charge in [-0.25, -0.2) is 4.39 Å². The van der Waals surface area contributed by atoms with Gasteiger partial charge >= 0.3 is 0 Å². The maximum Gasteiger partial charge on any atom is 0.176 e. The second-order valence-corrected chi connectivity index (χ2v) is 6.01. The van der Waals surface area contributed by atoms with Gasteiger partial charge in [-0.2, -0.15) is 0 Å². The summed E-state index contributed by atoms with van der Waals surface area (Å²) < 4.78 is 13.2. The molecule has 2 aliphatic heterocycles. The molecule has 3 nitrogen and oxygen atoms in total. The van der Waals surface area contributed by atoms with E-state index in [1.807, 2.05) is 0 Å². The summed E-state index contributed by atoms with van der Waals surface area (Å²) >= 11 is 0. The van der Waals surface area contributed by atoms with Crippen molar-refractivity contribution in [2.75, 3.05) is 26.7 Å². The number of hydrogen-bond donors (Lipinski definition) is 0. The van der Waals surface area contributed by atoms with Crippen molar-refractivity contribution in [1.82, 2.24) is 9.80 Å². The van der Waals surface area contributed by atoms with Gasteiger partial charge in [-0.3, -0.25) is 14.6 Å². The summed E-state index contributed by atoms with van der Waals surface area (Å²) in [6, 6.07) is 7.24. The normalized spacial score (nSPS) is 27.5. The lowest BCUT2D eigenvalue weighted by atomic mass is 10.1. The van der Waals surface area contributed by atoms with Crippen molar-refractivity contribution >= 4 is 5.78 Å². The number of carbonyl (C=O) groups is 1. The first-order chi connectivity index (χ1) is 9.63. The number of Topliss-reactive ketones (excluding diaryl/α,β-unsaturated/α-hetero) is 1. The SMILES string of the molecule is CN1C2CCC1CN(CC(=O)c1cccc(F)c1)CC2. The molecule has 108 valence electrons. The number of halogens is 1. The molecule has 0 aromatic heterocycles. The van der Waals surface area contributed by atoms with Crippen LogP contribution in [0, 0.1) is 5.82 Å². The summed E-state index contributed by atoms with van der Waals surface area (Å²) in [6.07, 6.45) is 3.64. The Morgan fingerprint density at radius 1 is 1.30 bits per heavy atom. The zero-order chi connectivity index (χ0) is 14.1. The van der Waals surface area contributed by atoms with Crippen LogP contribution >= 0.6 is 0 Å². The molecule has 0 spiro atoms. The van der Waals surface area contributed by atoms with E-state index in [1.54, 1.807) is 12.1 Å². The first-order valence-corrected chi connectivity index (χ1v) is 7.36. The van der Waals surface area contributed by atoms with E-state index in [2.05, 4.69) is 16.8 Å². The largest absolute Gasteiger partial charge is 0.299 e. The van der Waals surface area contributed by atoms with Crippen molar-refractivity contribution in [2.24, 2.45) is 0 Å². The van der Waals surface area contributed by atoms with E-state index in [9.17, 15) is 9.18 Å².